The van der Waals surface area contributed by atoms with Gasteiger partial charge in [0.05, 0.1) is 5.69 Å². The number of anilines is 2. The van der Waals surface area contributed by atoms with Gasteiger partial charge in [-0.05, 0) is 20.3 Å². The monoisotopic (exact) mass is 344 g/mol. The highest BCUT2D eigenvalue weighted by molar-refractivity contribution is 7.85. The molecule has 22 heavy (non-hydrogen) atoms. The molecule has 0 aliphatic carbocycles. The van der Waals surface area contributed by atoms with E-state index < -0.39 is 15.7 Å². The molecule has 2 rings (SSSR count). The molecule has 8 heteroatoms. The van der Waals surface area contributed by atoms with E-state index in [-0.39, 0.29) is 11.3 Å². The summed E-state index contributed by atoms with van der Waals surface area (Å²) in [6.07, 6.45) is 1.03. The minimum Gasteiger partial charge on any atom is -0.389 e. The summed E-state index contributed by atoms with van der Waals surface area (Å²) in [6.45, 7) is 11.0. The average Bonchev–Trinajstić information content (AvgIpc) is 2.67. The molecule has 1 amide bonds. The number of hydrogen-bond donors (Lipinski definition) is 2. The van der Waals surface area contributed by atoms with Crippen LogP contribution < -0.4 is 11.1 Å². The molecule has 1 saturated heterocycles. The molecular weight excluding hydrogens is 320 g/mol. The fourth-order valence-corrected chi connectivity index (χ4v) is 4.41. The number of hydrogen-bond acceptors (Lipinski definition) is 5. The molecule has 1 unspecified atom stereocenters. The Kier molecular flexibility index (Phi) is 4.66. The Labute approximate surface area is 138 Å². The van der Waals surface area contributed by atoms with Crippen LogP contribution in [0.15, 0.2) is 0 Å². The fraction of sp³-hybridized carbons (Fsp3) is 0.714. The van der Waals surface area contributed by atoms with Crippen LogP contribution in [0.25, 0.3) is 0 Å². The lowest BCUT2D eigenvalue weighted by atomic mass is 9.93. The minimum absolute atomic E-state index is 0.181. The van der Waals surface area contributed by atoms with Gasteiger partial charge in [0.15, 0.2) is 5.13 Å². The molecule has 1 aliphatic heterocycles. The van der Waals surface area contributed by atoms with Crippen LogP contribution in [0.5, 0.6) is 0 Å². The van der Waals surface area contributed by atoms with E-state index in [0.717, 1.165) is 25.2 Å². The van der Waals surface area contributed by atoms with Gasteiger partial charge >= 0.3 is 0 Å². The molecule has 6 nitrogen and oxygen atoms in total. The highest BCUT2D eigenvalue weighted by Gasteiger charge is 2.40. The second-order valence-electron chi connectivity index (χ2n) is 6.98. The van der Waals surface area contributed by atoms with Crippen LogP contribution in [0.2, 0.25) is 0 Å². The first-order chi connectivity index (χ1) is 10.0. The van der Waals surface area contributed by atoms with Crippen molar-refractivity contribution in [2.45, 2.75) is 51.2 Å². The Morgan fingerprint density at radius 2 is 1.91 bits per heavy atom. The molecule has 1 aromatic rings. The number of carbonyl (C=O) groups excluding carboxylic acids is 1. The highest BCUT2D eigenvalue weighted by Crippen LogP contribution is 2.34. The third-order valence-corrected chi connectivity index (χ3v) is 6.31. The molecule has 2 heterocycles. The maximum absolute atomic E-state index is 12.5. The first-order valence-electron chi connectivity index (χ1n) is 7.28. The van der Waals surface area contributed by atoms with Crippen LogP contribution in [-0.2, 0) is 21.2 Å². The third kappa shape index (κ3) is 3.33. The number of aromatic nitrogens is 1. The van der Waals surface area contributed by atoms with Crippen molar-refractivity contribution in [3.8, 4) is 0 Å². The van der Waals surface area contributed by atoms with Crippen molar-refractivity contribution in [3.05, 3.63) is 5.69 Å². The van der Waals surface area contributed by atoms with Gasteiger partial charge in [-0.2, -0.15) is 0 Å². The van der Waals surface area contributed by atoms with Crippen molar-refractivity contribution >= 4 is 38.4 Å². The number of rotatable bonds is 4. The number of amides is 1. The lowest BCUT2D eigenvalue weighted by molar-refractivity contribution is -0.117. The Hall–Kier alpha value is -0.990. The van der Waals surface area contributed by atoms with Crippen LogP contribution >= 0.6 is 11.3 Å². The summed E-state index contributed by atoms with van der Waals surface area (Å²) >= 11 is 1.25. The van der Waals surface area contributed by atoms with Gasteiger partial charge in [-0.1, -0.05) is 32.1 Å². The zero-order valence-electron chi connectivity index (χ0n) is 13.7. The number of nitrogens with two attached hydrogens (primary N) is 1. The van der Waals surface area contributed by atoms with E-state index in [0.29, 0.717) is 10.1 Å². The topological polar surface area (TPSA) is 88.3 Å². The lowest BCUT2D eigenvalue weighted by Gasteiger charge is -2.35. The number of thiazole rings is 1. The predicted octanol–water partition coefficient (Wildman–Crippen LogP) is 2.11. The molecule has 3 N–H and O–H groups in total. The summed E-state index contributed by atoms with van der Waals surface area (Å²) in [4.78, 5) is 16.9. The third-order valence-electron chi connectivity index (χ3n) is 3.62. The van der Waals surface area contributed by atoms with Crippen LogP contribution in [0, 0.1) is 0 Å². The van der Waals surface area contributed by atoms with Gasteiger partial charge in [-0.25, -0.2) is 13.5 Å². The van der Waals surface area contributed by atoms with E-state index in [1.54, 1.807) is 13.8 Å². The van der Waals surface area contributed by atoms with Crippen molar-refractivity contribution in [1.82, 2.24) is 9.29 Å². The summed E-state index contributed by atoms with van der Waals surface area (Å²) in [5.74, 6) is -0.299. The molecule has 0 radical (unpaired) electrons. The zero-order chi connectivity index (χ0) is 16.7. The van der Waals surface area contributed by atoms with Crippen LogP contribution in [0.4, 0.5) is 10.1 Å². The average molecular weight is 345 g/mol. The van der Waals surface area contributed by atoms with Crippen LogP contribution in [0.3, 0.4) is 0 Å². The molecule has 0 spiro atoms. The van der Waals surface area contributed by atoms with E-state index in [1.165, 1.54) is 11.3 Å². The summed E-state index contributed by atoms with van der Waals surface area (Å²) < 4.78 is 13.3. The predicted molar refractivity (Wildman–Crippen MR) is 92.3 cm³/mol. The van der Waals surface area contributed by atoms with Crippen LogP contribution in [0.1, 0.15) is 46.7 Å². The molecular formula is C14H24N4O2S2. The van der Waals surface area contributed by atoms with Gasteiger partial charge in [-0.15, -0.1) is 0 Å². The molecule has 0 bridgehead atoms. The Bertz CT molecular complexity index is 600. The quantitative estimate of drug-likeness (QED) is 0.875. The Morgan fingerprint density at radius 3 is 2.32 bits per heavy atom. The molecule has 1 fully saturated rings. The largest absolute Gasteiger partial charge is 0.389 e. The second kappa shape index (κ2) is 5.90. The molecule has 1 atom stereocenters. The smallest absolute Gasteiger partial charge is 0.245 e. The van der Waals surface area contributed by atoms with Crippen molar-refractivity contribution in [3.63, 3.8) is 0 Å². The number of carbonyl (C=O) groups is 1. The SMILES string of the molecule is CC(C)(C)c1nc(NC(=O)C(C)(C)S(=O)N2CCC2)sc1N. The van der Waals surface area contributed by atoms with E-state index in [9.17, 15) is 9.00 Å². The maximum Gasteiger partial charge on any atom is 0.245 e. The van der Waals surface area contributed by atoms with Gasteiger partial charge in [0, 0.05) is 18.5 Å². The molecule has 0 aromatic carbocycles. The zero-order valence-corrected chi connectivity index (χ0v) is 15.4. The van der Waals surface area contributed by atoms with E-state index in [4.69, 9.17) is 5.73 Å². The fourth-order valence-electron chi connectivity index (χ4n) is 2.03. The second-order valence-corrected chi connectivity index (χ2v) is 10.0. The van der Waals surface area contributed by atoms with Gasteiger partial charge < -0.3 is 11.1 Å². The minimum atomic E-state index is -1.34. The van der Waals surface area contributed by atoms with Gasteiger partial charge in [-0.3, -0.25) is 4.79 Å². The van der Waals surface area contributed by atoms with Gasteiger partial charge in [0.1, 0.15) is 20.7 Å². The summed E-state index contributed by atoms with van der Waals surface area (Å²) in [5.41, 5.74) is 6.58. The molecule has 124 valence electrons. The first kappa shape index (κ1) is 17.4. The number of nitrogens with zero attached hydrogens (tertiary/aromatic N) is 2. The van der Waals surface area contributed by atoms with E-state index in [2.05, 4.69) is 10.3 Å². The van der Waals surface area contributed by atoms with E-state index >= 15 is 0 Å². The highest BCUT2D eigenvalue weighted by atomic mass is 32.2. The lowest BCUT2D eigenvalue weighted by Crippen LogP contribution is -2.51. The Morgan fingerprint density at radius 1 is 1.32 bits per heavy atom. The van der Waals surface area contributed by atoms with Crippen molar-refractivity contribution < 1.29 is 9.00 Å². The van der Waals surface area contributed by atoms with E-state index in [1.807, 2.05) is 25.1 Å². The van der Waals surface area contributed by atoms with Crippen molar-refractivity contribution in [2.75, 3.05) is 24.1 Å². The number of nitrogen functional groups attached to an aromatic ring is 1. The Balaban J connectivity index is 2.13. The standard InChI is InChI=1S/C14H24N4O2S2/c1-13(2,3)9-10(15)21-12(16-9)17-11(19)14(4,5)22(20)18-7-6-8-18/h6-8,15H2,1-5H3,(H,16,17,19). The summed E-state index contributed by atoms with van der Waals surface area (Å²) in [5, 5.41) is 3.83. The summed E-state index contributed by atoms with van der Waals surface area (Å²) in [7, 11) is -1.34. The van der Waals surface area contributed by atoms with Crippen molar-refractivity contribution in [2.24, 2.45) is 0 Å². The molecule has 1 aliphatic rings. The molecule has 0 saturated carbocycles. The maximum atomic E-state index is 12.5. The normalized spacial score (nSPS) is 17.9. The van der Waals surface area contributed by atoms with Crippen molar-refractivity contribution in [1.29, 1.82) is 0 Å². The van der Waals surface area contributed by atoms with Gasteiger partial charge in [0.2, 0.25) is 5.91 Å². The number of nitrogens with one attached hydrogen (secondary N) is 1. The van der Waals surface area contributed by atoms with Crippen LogP contribution in [-0.4, -0.2) is 37.2 Å². The summed E-state index contributed by atoms with van der Waals surface area (Å²) in [6, 6.07) is 0. The van der Waals surface area contributed by atoms with Gasteiger partial charge in [0.25, 0.3) is 0 Å². The first-order valence-corrected chi connectivity index (χ1v) is 9.21. The molecule has 1 aromatic heterocycles.